The van der Waals surface area contributed by atoms with Gasteiger partial charge in [-0.05, 0) is 33.2 Å². The van der Waals surface area contributed by atoms with E-state index in [9.17, 15) is 5.11 Å². The highest BCUT2D eigenvalue weighted by Crippen LogP contribution is 2.28. The fraction of sp³-hybridized carbons (Fsp3) is 1.00. The predicted octanol–water partition coefficient (Wildman–Crippen LogP) is 0.509. The molecule has 0 aliphatic heterocycles. The van der Waals surface area contributed by atoms with Crippen molar-refractivity contribution in [3.8, 4) is 0 Å². The molecule has 0 heterocycles. The maximum Gasteiger partial charge on any atom is 0.0635 e. The van der Waals surface area contributed by atoms with Gasteiger partial charge in [-0.25, -0.2) is 0 Å². The molecule has 1 aliphatic rings. The summed E-state index contributed by atoms with van der Waals surface area (Å²) in [5.74, 6) is 0. The molecular formula is C7H15NO. The van der Waals surface area contributed by atoms with Crippen LogP contribution in [0.25, 0.3) is 0 Å². The van der Waals surface area contributed by atoms with Gasteiger partial charge in [-0.3, -0.25) is 0 Å². The molecular weight excluding hydrogens is 114 g/mol. The standard InChI is InChI=1S/C7H15NO/c1-7(9)4-3-6(5-7)8-2/h6,8-9H,3-5H2,1-2H3/t6-,7+/m1/s1. The van der Waals surface area contributed by atoms with Crippen molar-refractivity contribution in [2.45, 2.75) is 37.8 Å². The van der Waals surface area contributed by atoms with Gasteiger partial charge in [-0.1, -0.05) is 0 Å². The molecule has 1 aliphatic carbocycles. The lowest BCUT2D eigenvalue weighted by molar-refractivity contribution is 0.0657. The zero-order chi connectivity index (χ0) is 6.91. The molecule has 9 heavy (non-hydrogen) atoms. The van der Waals surface area contributed by atoms with E-state index in [0.717, 1.165) is 19.3 Å². The first-order valence-electron chi connectivity index (χ1n) is 3.54. The predicted molar refractivity (Wildman–Crippen MR) is 37.3 cm³/mol. The van der Waals surface area contributed by atoms with Crippen molar-refractivity contribution in [2.75, 3.05) is 7.05 Å². The van der Waals surface area contributed by atoms with Crippen molar-refractivity contribution in [1.82, 2.24) is 5.32 Å². The van der Waals surface area contributed by atoms with Crippen LogP contribution in [0.15, 0.2) is 0 Å². The van der Waals surface area contributed by atoms with Gasteiger partial charge in [0.1, 0.15) is 0 Å². The van der Waals surface area contributed by atoms with Gasteiger partial charge in [0.2, 0.25) is 0 Å². The van der Waals surface area contributed by atoms with Crippen molar-refractivity contribution < 1.29 is 5.11 Å². The third-order valence-corrected chi connectivity index (χ3v) is 2.13. The third kappa shape index (κ3) is 1.66. The van der Waals surface area contributed by atoms with Crippen LogP contribution in [0.5, 0.6) is 0 Å². The van der Waals surface area contributed by atoms with E-state index in [1.165, 1.54) is 0 Å². The monoisotopic (exact) mass is 129 g/mol. The Labute approximate surface area is 56.3 Å². The molecule has 0 spiro atoms. The van der Waals surface area contributed by atoms with Crippen LogP contribution in [0.4, 0.5) is 0 Å². The molecule has 0 radical (unpaired) electrons. The van der Waals surface area contributed by atoms with E-state index in [2.05, 4.69) is 5.32 Å². The first kappa shape index (κ1) is 7.03. The molecule has 2 nitrogen and oxygen atoms in total. The molecule has 0 bridgehead atoms. The fourth-order valence-corrected chi connectivity index (χ4v) is 1.47. The summed E-state index contributed by atoms with van der Waals surface area (Å²) in [6, 6.07) is 0.542. The minimum atomic E-state index is -0.395. The highest BCUT2D eigenvalue weighted by Gasteiger charge is 2.31. The van der Waals surface area contributed by atoms with Crippen molar-refractivity contribution >= 4 is 0 Å². The largest absolute Gasteiger partial charge is 0.390 e. The maximum atomic E-state index is 9.46. The molecule has 0 aromatic heterocycles. The molecule has 0 aromatic carbocycles. The summed E-state index contributed by atoms with van der Waals surface area (Å²) in [4.78, 5) is 0. The first-order valence-corrected chi connectivity index (χ1v) is 3.54. The molecule has 2 heteroatoms. The van der Waals surface area contributed by atoms with Gasteiger partial charge in [0, 0.05) is 6.04 Å². The van der Waals surface area contributed by atoms with Crippen molar-refractivity contribution in [1.29, 1.82) is 0 Å². The van der Waals surface area contributed by atoms with E-state index in [4.69, 9.17) is 0 Å². The summed E-state index contributed by atoms with van der Waals surface area (Å²) in [6.07, 6.45) is 2.96. The smallest absolute Gasteiger partial charge is 0.0635 e. The molecule has 0 aromatic rings. The highest BCUT2D eigenvalue weighted by molar-refractivity contribution is 4.88. The fourth-order valence-electron chi connectivity index (χ4n) is 1.47. The van der Waals surface area contributed by atoms with Crippen LogP contribution >= 0.6 is 0 Å². The number of rotatable bonds is 1. The van der Waals surface area contributed by atoms with Crippen LogP contribution in [0, 0.1) is 0 Å². The quantitative estimate of drug-likeness (QED) is 0.540. The van der Waals surface area contributed by atoms with Crippen LogP contribution in [-0.4, -0.2) is 23.8 Å². The Balaban J connectivity index is 2.38. The van der Waals surface area contributed by atoms with Gasteiger partial charge in [0.05, 0.1) is 5.60 Å². The highest BCUT2D eigenvalue weighted by atomic mass is 16.3. The zero-order valence-corrected chi connectivity index (χ0v) is 6.15. The topological polar surface area (TPSA) is 32.3 Å². The van der Waals surface area contributed by atoms with Crippen molar-refractivity contribution in [2.24, 2.45) is 0 Å². The third-order valence-electron chi connectivity index (χ3n) is 2.13. The van der Waals surface area contributed by atoms with E-state index in [1.54, 1.807) is 0 Å². The molecule has 0 unspecified atom stereocenters. The second kappa shape index (κ2) is 2.27. The lowest BCUT2D eigenvalue weighted by Gasteiger charge is -2.15. The van der Waals surface area contributed by atoms with Gasteiger partial charge >= 0.3 is 0 Å². The summed E-state index contributed by atoms with van der Waals surface area (Å²) in [5.41, 5.74) is -0.395. The molecule has 0 saturated heterocycles. The van der Waals surface area contributed by atoms with Gasteiger partial charge in [-0.2, -0.15) is 0 Å². The van der Waals surface area contributed by atoms with Crippen LogP contribution in [-0.2, 0) is 0 Å². The number of aliphatic hydroxyl groups is 1. The van der Waals surface area contributed by atoms with E-state index in [0.29, 0.717) is 6.04 Å². The van der Waals surface area contributed by atoms with E-state index >= 15 is 0 Å². The molecule has 54 valence electrons. The average Bonchev–Trinajstić information content (AvgIpc) is 2.10. The van der Waals surface area contributed by atoms with E-state index < -0.39 is 5.60 Å². The second-order valence-electron chi connectivity index (χ2n) is 3.23. The van der Waals surface area contributed by atoms with Crippen LogP contribution in [0.2, 0.25) is 0 Å². The Morgan fingerprint density at radius 1 is 1.67 bits per heavy atom. The Kier molecular flexibility index (Phi) is 1.78. The summed E-state index contributed by atoms with van der Waals surface area (Å²) < 4.78 is 0. The number of hydrogen-bond acceptors (Lipinski definition) is 2. The molecule has 0 amide bonds. The maximum absolute atomic E-state index is 9.46. The zero-order valence-electron chi connectivity index (χ0n) is 6.15. The number of hydrogen-bond donors (Lipinski definition) is 2. The lowest BCUT2D eigenvalue weighted by Crippen LogP contribution is -2.26. The van der Waals surface area contributed by atoms with E-state index in [1.807, 2.05) is 14.0 Å². The second-order valence-corrected chi connectivity index (χ2v) is 3.23. The molecule has 1 fully saturated rings. The van der Waals surface area contributed by atoms with Gasteiger partial charge in [0.25, 0.3) is 0 Å². The van der Waals surface area contributed by atoms with Crippen LogP contribution in [0.1, 0.15) is 26.2 Å². The minimum Gasteiger partial charge on any atom is -0.390 e. The lowest BCUT2D eigenvalue weighted by atomic mass is 10.1. The molecule has 1 saturated carbocycles. The van der Waals surface area contributed by atoms with Crippen molar-refractivity contribution in [3.63, 3.8) is 0 Å². The van der Waals surface area contributed by atoms with E-state index in [-0.39, 0.29) is 0 Å². The SMILES string of the molecule is CN[C@@H]1CC[C@](C)(O)C1. The normalized spacial score (nSPS) is 43.7. The summed E-state index contributed by atoms with van der Waals surface area (Å²) in [5, 5.41) is 12.6. The summed E-state index contributed by atoms with van der Waals surface area (Å²) in [6.45, 7) is 1.91. The number of nitrogens with one attached hydrogen (secondary N) is 1. The molecule has 2 N–H and O–H groups in total. The summed E-state index contributed by atoms with van der Waals surface area (Å²) >= 11 is 0. The average molecular weight is 129 g/mol. The van der Waals surface area contributed by atoms with Gasteiger partial charge < -0.3 is 10.4 Å². The molecule has 2 atom stereocenters. The Morgan fingerprint density at radius 2 is 2.33 bits per heavy atom. The summed E-state index contributed by atoms with van der Waals surface area (Å²) in [7, 11) is 1.95. The minimum absolute atomic E-state index is 0.395. The van der Waals surface area contributed by atoms with Crippen LogP contribution < -0.4 is 5.32 Å². The Morgan fingerprint density at radius 3 is 2.56 bits per heavy atom. The Hall–Kier alpha value is -0.0800. The first-order chi connectivity index (χ1) is 4.14. The van der Waals surface area contributed by atoms with Crippen LogP contribution in [0.3, 0.4) is 0 Å². The van der Waals surface area contributed by atoms with Gasteiger partial charge in [0.15, 0.2) is 0 Å². The van der Waals surface area contributed by atoms with Crippen molar-refractivity contribution in [3.05, 3.63) is 0 Å². The van der Waals surface area contributed by atoms with Gasteiger partial charge in [-0.15, -0.1) is 0 Å². The Bertz CT molecular complexity index is 101. The molecule has 1 rings (SSSR count).